The Labute approximate surface area is 177 Å². The van der Waals surface area contributed by atoms with Gasteiger partial charge in [0.2, 0.25) is 5.91 Å². The van der Waals surface area contributed by atoms with Crippen molar-refractivity contribution >= 4 is 40.9 Å². The van der Waals surface area contributed by atoms with Crippen LogP contribution >= 0.6 is 23.4 Å². The average Bonchev–Trinajstić information content (AvgIpc) is 3.08. The topological polar surface area (TPSA) is 88.9 Å². The maximum absolute atomic E-state index is 12.4. The number of benzene rings is 2. The number of anilines is 1. The van der Waals surface area contributed by atoms with Gasteiger partial charge in [0.05, 0.1) is 22.4 Å². The Bertz CT molecular complexity index is 1010. The van der Waals surface area contributed by atoms with Crippen molar-refractivity contribution in [1.29, 1.82) is 0 Å². The number of carbonyl (C=O) groups is 2. The van der Waals surface area contributed by atoms with Crippen molar-refractivity contribution in [1.82, 2.24) is 20.1 Å². The second-order valence-corrected chi connectivity index (χ2v) is 7.63. The molecule has 29 heavy (non-hydrogen) atoms. The van der Waals surface area contributed by atoms with Gasteiger partial charge in [0.1, 0.15) is 0 Å². The fraction of sp³-hybridized carbons (Fsp3) is 0.200. The standard InChI is InChI=1S/C20H20ClN5O2S/c1-13(22-19(28)15-10-6-7-11-16(15)21)18-24-25-20(26(18)2)29-12-17(27)23-14-8-4-3-5-9-14/h3-11,13H,12H2,1-2H3,(H,22,28)(H,23,27)/t13-/m0/s1. The first-order chi connectivity index (χ1) is 14.0. The zero-order chi connectivity index (χ0) is 20.8. The van der Waals surface area contributed by atoms with Gasteiger partial charge in [-0.05, 0) is 31.2 Å². The van der Waals surface area contributed by atoms with E-state index in [4.69, 9.17) is 11.6 Å². The molecule has 0 saturated heterocycles. The summed E-state index contributed by atoms with van der Waals surface area (Å²) in [6.45, 7) is 1.81. The van der Waals surface area contributed by atoms with E-state index >= 15 is 0 Å². The van der Waals surface area contributed by atoms with Crippen molar-refractivity contribution in [2.45, 2.75) is 18.1 Å². The lowest BCUT2D eigenvalue weighted by Crippen LogP contribution is -2.28. The lowest BCUT2D eigenvalue weighted by molar-refractivity contribution is -0.113. The third-order valence-electron chi connectivity index (χ3n) is 4.11. The first-order valence-corrected chi connectivity index (χ1v) is 10.2. The zero-order valence-corrected chi connectivity index (χ0v) is 17.5. The van der Waals surface area contributed by atoms with E-state index in [-0.39, 0.29) is 23.6 Å². The molecule has 2 aromatic carbocycles. The van der Waals surface area contributed by atoms with E-state index < -0.39 is 0 Å². The largest absolute Gasteiger partial charge is 0.342 e. The summed E-state index contributed by atoms with van der Waals surface area (Å²) in [5, 5.41) is 15.0. The molecule has 1 heterocycles. The van der Waals surface area contributed by atoms with Crippen LogP contribution in [-0.4, -0.2) is 32.3 Å². The summed E-state index contributed by atoms with van der Waals surface area (Å²) in [4.78, 5) is 24.6. The second kappa shape index (κ2) is 9.58. The van der Waals surface area contributed by atoms with Crippen molar-refractivity contribution in [2.24, 2.45) is 7.05 Å². The van der Waals surface area contributed by atoms with Crippen molar-refractivity contribution in [2.75, 3.05) is 11.1 Å². The number of hydrogen-bond acceptors (Lipinski definition) is 5. The van der Waals surface area contributed by atoms with Gasteiger partial charge < -0.3 is 15.2 Å². The van der Waals surface area contributed by atoms with E-state index in [0.717, 1.165) is 5.69 Å². The summed E-state index contributed by atoms with van der Waals surface area (Å²) in [6.07, 6.45) is 0. The van der Waals surface area contributed by atoms with Gasteiger partial charge in [0.15, 0.2) is 11.0 Å². The lowest BCUT2D eigenvalue weighted by atomic mass is 10.2. The Morgan fingerprint density at radius 1 is 1.10 bits per heavy atom. The van der Waals surface area contributed by atoms with Crippen LogP contribution < -0.4 is 10.6 Å². The predicted octanol–water partition coefficient (Wildman–Crippen LogP) is 3.69. The van der Waals surface area contributed by atoms with Crippen LogP contribution in [-0.2, 0) is 11.8 Å². The van der Waals surface area contributed by atoms with Gasteiger partial charge >= 0.3 is 0 Å². The minimum absolute atomic E-state index is 0.133. The molecule has 0 unspecified atom stereocenters. The SMILES string of the molecule is C[C@H](NC(=O)c1ccccc1Cl)c1nnc(SCC(=O)Nc2ccccc2)n1C. The molecule has 3 aromatic rings. The zero-order valence-electron chi connectivity index (χ0n) is 15.9. The van der Waals surface area contributed by atoms with Crippen molar-refractivity contribution in [3.63, 3.8) is 0 Å². The highest BCUT2D eigenvalue weighted by Crippen LogP contribution is 2.21. The normalized spacial score (nSPS) is 11.7. The number of halogens is 1. The average molecular weight is 430 g/mol. The van der Waals surface area contributed by atoms with Crippen LogP contribution in [0.1, 0.15) is 29.1 Å². The molecule has 0 fully saturated rings. The molecular formula is C20H20ClN5O2S. The third kappa shape index (κ3) is 5.36. The van der Waals surface area contributed by atoms with Crippen molar-refractivity contribution in [3.05, 3.63) is 71.0 Å². The van der Waals surface area contributed by atoms with E-state index in [1.807, 2.05) is 37.3 Å². The number of nitrogens with one attached hydrogen (secondary N) is 2. The number of para-hydroxylation sites is 1. The molecule has 150 valence electrons. The molecule has 0 radical (unpaired) electrons. The highest BCUT2D eigenvalue weighted by atomic mass is 35.5. The van der Waals surface area contributed by atoms with Crippen LogP contribution in [0.5, 0.6) is 0 Å². The Hall–Kier alpha value is -2.84. The number of carbonyl (C=O) groups excluding carboxylic acids is 2. The maximum atomic E-state index is 12.4. The van der Waals surface area contributed by atoms with Crippen LogP contribution in [0.25, 0.3) is 0 Å². The molecule has 1 atom stereocenters. The second-order valence-electron chi connectivity index (χ2n) is 6.28. The smallest absolute Gasteiger partial charge is 0.253 e. The Morgan fingerprint density at radius 3 is 2.52 bits per heavy atom. The van der Waals surface area contributed by atoms with Gasteiger partial charge in [-0.15, -0.1) is 10.2 Å². The summed E-state index contributed by atoms with van der Waals surface area (Å²) < 4.78 is 1.76. The summed E-state index contributed by atoms with van der Waals surface area (Å²) in [5.41, 5.74) is 1.14. The van der Waals surface area contributed by atoms with Crippen LogP contribution in [0.2, 0.25) is 5.02 Å². The molecule has 2 N–H and O–H groups in total. The summed E-state index contributed by atoms with van der Waals surface area (Å²) in [5.74, 6) is 0.353. The summed E-state index contributed by atoms with van der Waals surface area (Å²) >= 11 is 7.35. The minimum atomic E-state index is -0.385. The number of rotatable bonds is 7. The molecule has 2 amide bonds. The fourth-order valence-electron chi connectivity index (χ4n) is 2.66. The Kier molecular flexibility index (Phi) is 6.90. The first-order valence-electron chi connectivity index (χ1n) is 8.88. The molecule has 3 rings (SSSR count). The van der Waals surface area contributed by atoms with Gasteiger partial charge in [0, 0.05) is 12.7 Å². The van der Waals surface area contributed by atoms with E-state index in [1.165, 1.54) is 11.8 Å². The Balaban J connectivity index is 1.59. The summed E-state index contributed by atoms with van der Waals surface area (Å²) in [7, 11) is 1.80. The number of amides is 2. The molecule has 0 bridgehead atoms. The quantitative estimate of drug-likeness (QED) is 0.559. The number of hydrogen-bond donors (Lipinski definition) is 2. The molecule has 9 heteroatoms. The third-order valence-corrected chi connectivity index (χ3v) is 5.46. The van der Waals surface area contributed by atoms with Gasteiger partial charge in [-0.3, -0.25) is 9.59 Å². The highest BCUT2D eigenvalue weighted by Gasteiger charge is 2.20. The van der Waals surface area contributed by atoms with Gasteiger partial charge in [-0.1, -0.05) is 53.7 Å². The minimum Gasteiger partial charge on any atom is -0.342 e. The molecule has 0 aliphatic rings. The van der Waals surface area contributed by atoms with E-state index in [1.54, 1.807) is 35.9 Å². The van der Waals surface area contributed by atoms with Gasteiger partial charge in [-0.2, -0.15) is 0 Å². The van der Waals surface area contributed by atoms with E-state index in [9.17, 15) is 9.59 Å². The molecule has 0 aliphatic heterocycles. The van der Waals surface area contributed by atoms with Crippen LogP contribution in [0, 0.1) is 0 Å². The molecule has 0 spiro atoms. The Morgan fingerprint density at radius 2 is 1.79 bits per heavy atom. The number of nitrogens with zero attached hydrogens (tertiary/aromatic N) is 3. The molecule has 7 nitrogen and oxygen atoms in total. The van der Waals surface area contributed by atoms with Crippen LogP contribution in [0.4, 0.5) is 5.69 Å². The number of thioether (sulfide) groups is 1. The highest BCUT2D eigenvalue weighted by molar-refractivity contribution is 7.99. The molecule has 0 aliphatic carbocycles. The van der Waals surface area contributed by atoms with E-state index in [2.05, 4.69) is 20.8 Å². The molecular weight excluding hydrogens is 410 g/mol. The molecule has 0 saturated carbocycles. The monoisotopic (exact) mass is 429 g/mol. The van der Waals surface area contributed by atoms with E-state index in [0.29, 0.717) is 21.6 Å². The van der Waals surface area contributed by atoms with Crippen LogP contribution in [0.3, 0.4) is 0 Å². The lowest BCUT2D eigenvalue weighted by Gasteiger charge is -2.14. The maximum Gasteiger partial charge on any atom is 0.253 e. The number of aromatic nitrogens is 3. The molecule has 1 aromatic heterocycles. The van der Waals surface area contributed by atoms with Crippen molar-refractivity contribution in [3.8, 4) is 0 Å². The fourth-order valence-corrected chi connectivity index (χ4v) is 3.60. The predicted molar refractivity (Wildman–Crippen MR) is 114 cm³/mol. The van der Waals surface area contributed by atoms with Gasteiger partial charge in [0.25, 0.3) is 5.91 Å². The van der Waals surface area contributed by atoms with Crippen LogP contribution in [0.15, 0.2) is 59.8 Å². The summed E-state index contributed by atoms with van der Waals surface area (Å²) in [6, 6.07) is 15.7. The first kappa shape index (κ1) is 20.9. The van der Waals surface area contributed by atoms with Gasteiger partial charge in [-0.25, -0.2) is 0 Å². The van der Waals surface area contributed by atoms with Crippen molar-refractivity contribution < 1.29 is 9.59 Å².